The summed E-state index contributed by atoms with van der Waals surface area (Å²) in [6, 6.07) is 7.39. The van der Waals surface area contributed by atoms with Crippen LogP contribution in [0.2, 0.25) is 4.34 Å². The standard InChI is InChI=1S/C19H19ClN4O3S2/c20-18-2-1-16(28-18)5-12-29(26,27)24-11-10-23(19(25)14-24)9-8-22-7-4-15-13-21-6-3-17(15)22/h1-7,12-13H,8-11,14H2. The lowest BCUT2D eigenvalue weighted by Crippen LogP contribution is -2.52. The Morgan fingerprint density at radius 2 is 2.03 bits per heavy atom. The molecule has 4 rings (SSSR count). The summed E-state index contributed by atoms with van der Waals surface area (Å²) >= 11 is 7.16. The molecule has 0 aliphatic carbocycles. The fraction of sp³-hybridized carbons (Fsp3) is 0.263. The number of pyridine rings is 1. The Morgan fingerprint density at radius 1 is 1.17 bits per heavy atom. The lowest BCUT2D eigenvalue weighted by atomic mass is 10.3. The second kappa shape index (κ2) is 8.27. The maximum atomic E-state index is 12.5. The van der Waals surface area contributed by atoms with E-state index in [9.17, 15) is 13.2 Å². The second-order valence-corrected chi connectivity index (χ2v) is 10.2. The van der Waals surface area contributed by atoms with E-state index in [2.05, 4.69) is 9.55 Å². The summed E-state index contributed by atoms with van der Waals surface area (Å²) in [6.45, 7) is 1.68. The number of carbonyl (C=O) groups is 1. The van der Waals surface area contributed by atoms with Crippen molar-refractivity contribution in [3.05, 3.63) is 57.5 Å². The van der Waals surface area contributed by atoms with Crippen LogP contribution in [0, 0.1) is 0 Å². The van der Waals surface area contributed by atoms with Gasteiger partial charge in [0.25, 0.3) is 0 Å². The van der Waals surface area contributed by atoms with Crippen LogP contribution in [-0.4, -0.2) is 59.3 Å². The molecule has 0 N–H and O–H groups in total. The Hall–Kier alpha value is -2.20. The quantitative estimate of drug-likeness (QED) is 0.578. The number of amides is 1. The maximum absolute atomic E-state index is 12.5. The molecule has 7 nitrogen and oxygen atoms in total. The van der Waals surface area contributed by atoms with Gasteiger partial charge < -0.3 is 9.47 Å². The van der Waals surface area contributed by atoms with Crippen molar-refractivity contribution in [2.45, 2.75) is 6.54 Å². The van der Waals surface area contributed by atoms with Crippen LogP contribution in [0.25, 0.3) is 17.0 Å². The Bertz CT molecular complexity index is 1170. The van der Waals surface area contributed by atoms with Crippen molar-refractivity contribution in [1.82, 2.24) is 18.8 Å². The summed E-state index contributed by atoms with van der Waals surface area (Å²) in [7, 11) is -3.66. The first-order valence-electron chi connectivity index (χ1n) is 9.02. The first kappa shape index (κ1) is 20.1. The average molecular weight is 451 g/mol. The number of hydrogen-bond acceptors (Lipinski definition) is 5. The van der Waals surface area contributed by atoms with Gasteiger partial charge in [0.05, 0.1) is 16.4 Å². The summed E-state index contributed by atoms with van der Waals surface area (Å²) in [5.74, 6) is -0.189. The normalized spacial score (nSPS) is 16.3. The van der Waals surface area contributed by atoms with Crippen LogP contribution in [0.1, 0.15) is 4.88 Å². The van der Waals surface area contributed by atoms with E-state index in [1.165, 1.54) is 21.7 Å². The highest BCUT2D eigenvalue weighted by Gasteiger charge is 2.30. The fourth-order valence-electron chi connectivity index (χ4n) is 3.26. The van der Waals surface area contributed by atoms with E-state index < -0.39 is 10.0 Å². The van der Waals surface area contributed by atoms with Crippen molar-refractivity contribution < 1.29 is 13.2 Å². The fourth-order valence-corrected chi connectivity index (χ4v) is 5.43. The second-order valence-electron chi connectivity index (χ2n) is 6.65. The lowest BCUT2D eigenvalue weighted by Gasteiger charge is -2.33. The molecule has 3 aromatic rings. The predicted octanol–water partition coefficient (Wildman–Crippen LogP) is 2.90. The summed E-state index contributed by atoms with van der Waals surface area (Å²) in [5.41, 5.74) is 1.06. The molecule has 1 amide bonds. The van der Waals surface area contributed by atoms with Gasteiger partial charge in [0.15, 0.2) is 0 Å². The minimum Gasteiger partial charge on any atom is -0.346 e. The van der Waals surface area contributed by atoms with Crippen LogP contribution in [0.5, 0.6) is 0 Å². The molecule has 0 aromatic carbocycles. The van der Waals surface area contributed by atoms with Gasteiger partial charge >= 0.3 is 0 Å². The van der Waals surface area contributed by atoms with E-state index in [0.717, 1.165) is 21.2 Å². The number of aromatic nitrogens is 2. The van der Waals surface area contributed by atoms with E-state index in [0.29, 0.717) is 24.0 Å². The molecule has 0 spiro atoms. The van der Waals surface area contributed by atoms with Gasteiger partial charge in [0, 0.05) is 60.4 Å². The zero-order valence-electron chi connectivity index (χ0n) is 15.4. The first-order chi connectivity index (χ1) is 13.9. The summed E-state index contributed by atoms with van der Waals surface area (Å²) in [6.07, 6.45) is 7.03. The monoisotopic (exact) mass is 450 g/mol. The molecular weight excluding hydrogens is 432 g/mol. The van der Waals surface area contributed by atoms with Crippen molar-refractivity contribution in [3.8, 4) is 0 Å². The van der Waals surface area contributed by atoms with Gasteiger partial charge in [-0.2, -0.15) is 4.31 Å². The van der Waals surface area contributed by atoms with Crippen molar-refractivity contribution in [2.24, 2.45) is 0 Å². The number of carbonyl (C=O) groups excluding carboxylic acids is 1. The van der Waals surface area contributed by atoms with Gasteiger partial charge in [-0.05, 0) is 30.3 Å². The van der Waals surface area contributed by atoms with Crippen molar-refractivity contribution in [2.75, 3.05) is 26.2 Å². The van der Waals surface area contributed by atoms with Gasteiger partial charge in [-0.25, -0.2) is 8.42 Å². The molecule has 0 radical (unpaired) electrons. The number of rotatable bonds is 6. The molecule has 152 valence electrons. The lowest BCUT2D eigenvalue weighted by molar-refractivity contribution is -0.134. The van der Waals surface area contributed by atoms with Crippen LogP contribution >= 0.6 is 22.9 Å². The number of sulfonamides is 1. The Labute approximate surface area is 177 Å². The molecule has 1 aliphatic heterocycles. The van der Waals surface area contributed by atoms with Crippen LogP contribution in [-0.2, 0) is 21.4 Å². The third-order valence-electron chi connectivity index (χ3n) is 4.82. The van der Waals surface area contributed by atoms with E-state index in [-0.39, 0.29) is 19.0 Å². The predicted molar refractivity (Wildman–Crippen MR) is 115 cm³/mol. The SMILES string of the molecule is O=C1CN(S(=O)(=O)C=Cc2ccc(Cl)s2)CCN1CCn1ccc2cnccc21. The van der Waals surface area contributed by atoms with Crippen LogP contribution in [0.15, 0.2) is 48.3 Å². The van der Waals surface area contributed by atoms with Crippen molar-refractivity contribution >= 4 is 55.8 Å². The van der Waals surface area contributed by atoms with Crippen molar-refractivity contribution in [1.29, 1.82) is 0 Å². The topological polar surface area (TPSA) is 75.5 Å². The molecule has 0 saturated carbocycles. The molecule has 4 heterocycles. The van der Waals surface area contributed by atoms with Gasteiger partial charge in [0.2, 0.25) is 15.9 Å². The number of fused-ring (bicyclic) bond motifs is 1. The van der Waals surface area contributed by atoms with Gasteiger partial charge in [-0.3, -0.25) is 9.78 Å². The van der Waals surface area contributed by atoms with Crippen molar-refractivity contribution in [3.63, 3.8) is 0 Å². The number of hydrogen-bond donors (Lipinski definition) is 0. The molecule has 3 aromatic heterocycles. The third kappa shape index (κ3) is 4.53. The Morgan fingerprint density at radius 3 is 2.79 bits per heavy atom. The van der Waals surface area contributed by atoms with Gasteiger partial charge in [-0.1, -0.05) is 11.6 Å². The molecule has 0 bridgehead atoms. The maximum Gasteiger partial charge on any atom is 0.238 e. The third-order valence-corrected chi connectivity index (χ3v) is 7.53. The molecule has 10 heteroatoms. The summed E-state index contributed by atoms with van der Waals surface area (Å²) in [5, 5.41) is 2.19. The van der Waals surface area contributed by atoms with Crippen LogP contribution in [0.3, 0.4) is 0 Å². The summed E-state index contributed by atoms with van der Waals surface area (Å²) in [4.78, 5) is 19.1. The molecule has 1 saturated heterocycles. The number of nitrogens with zero attached hydrogens (tertiary/aromatic N) is 4. The highest BCUT2D eigenvalue weighted by molar-refractivity contribution is 7.92. The van der Waals surface area contributed by atoms with Gasteiger partial charge in [-0.15, -0.1) is 11.3 Å². The first-order valence-corrected chi connectivity index (χ1v) is 11.7. The Kier molecular flexibility index (Phi) is 5.73. The molecular formula is C19H19ClN4O3S2. The average Bonchev–Trinajstić information content (AvgIpc) is 3.31. The molecule has 29 heavy (non-hydrogen) atoms. The van der Waals surface area contributed by atoms with E-state index in [1.54, 1.807) is 29.4 Å². The smallest absolute Gasteiger partial charge is 0.238 e. The number of halogens is 1. The van der Waals surface area contributed by atoms with Crippen LogP contribution in [0.4, 0.5) is 0 Å². The molecule has 1 fully saturated rings. The highest BCUT2D eigenvalue weighted by atomic mass is 35.5. The van der Waals surface area contributed by atoms with Gasteiger partial charge in [0.1, 0.15) is 0 Å². The van der Waals surface area contributed by atoms with Crippen LogP contribution < -0.4 is 0 Å². The number of piperazine rings is 1. The van der Waals surface area contributed by atoms with E-state index in [1.807, 2.05) is 18.3 Å². The molecule has 0 atom stereocenters. The zero-order chi connectivity index (χ0) is 20.4. The molecule has 0 unspecified atom stereocenters. The number of thiophene rings is 1. The zero-order valence-corrected chi connectivity index (χ0v) is 17.8. The highest BCUT2D eigenvalue weighted by Crippen LogP contribution is 2.23. The minimum absolute atomic E-state index is 0.145. The molecule has 1 aliphatic rings. The Balaban J connectivity index is 1.36. The largest absolute Gasteiger partial charge is 0.346 e. The minimum atomic E-state index is -3.66. The van der Waals surface area contributed by atoms with E-state index in [4.69, 9.17) is 11.6 Å². The van der Waals surface area contributed by atoms with E-state index >= 15 is 0 Å². The summed E-state index contributed by atoms with van der Waals surface area (Å²) < 4.78 is 29.0.